The molecule has 33 heavy (non-hydrogen) atoms. The van der Waals surface area contributed by atoms with Crippen molar-refractivity contribution in [2.45, 2.75) is 18.5 Å². The first-order chi connectivity index (χ1) is 16.0. The molecule has 0 unspecified atom stereocenters. The number of non-ortho nitro benzene ring substituents is 1. The number of nitro benzene ring substituents is 1. The molecular weight excluding hydrogens is 442 g/mol. The predicted molar refractivity (Wildman–Crippen MR) is 123 cm³/mol. The van der Waals surface area contributed by atoms with Crippen molar-refractivity contribution in [2.75, 3.05) is 4.90 Å². The van der Waals surface area contributed by atoms with Crippen LogP contribution in [0, 0.1) is 10.1 Å². The van der Waals surface area contributed by atoms with Crippen molar-refractivity contribution >= 4 is 29.1 Å². The minimum atomic E-state index is -0.516. The number of nitro groups is 1. The molecule has 4 aromatic rings. The molecule has 0 spiro atoms. The van der Waals surface area contributed by atoms with Crippen LogP contribution in [0.15, 0.2) is 85.2 Å². The van der Waals surface area contributed by atoms with Gasteiger partial charge in [-0.25, -0.2) is 4.68 Å². The van der Waals surface area contributed by atoms with Crippen LogP contribution >= 0.6 is 11.6 Å². The summed E-state index contributed by atoms with van der Waals surface area (Å²) in [6.45, 7) is 0. The summed E-state index contributed by atoms with van der Waals surface area (Å²) < 4.78 is 1.73. The summed E-state index contributed by atoms with van der Waals surface area (Å²) in [5, 5.41) is 16.3. The average molecular weight is 460 g/mol. The van der Waals surface area contributed by atoms with E-state index in [0.717, 1.165) is 11.1 Å². The molecule has 0 radical (unpaired) electrons. The molecule has 0 aliphatic carbocycles. The number of carbonyl (C=O) groups excluding carboxylic acids is 1. The number of amides is 1. The van der Waals surface area contributed by atoms with E-state index in [1.807, 2.05) is 42.5 Å². The molecule has 8 nitrogen and oxygen atoms in total. The van der Waals surface area contributed by atoms with E-state index in [9.17, 15) is 14.9 Å². The summed E-state index contributed by atoms with van der Waals surface area (Å²) in [5.74, 6) is -0.00836. The number of benzene rings is 3. The summed E-state index contributed by atoms with van der Waals surface area (Å²) in [7, 11) is 0. The highest BCUT2D eigenvalue weighted by atomic mass is 35.5. The number of anilines is 1. The van der Waals surface area contributed by atoms with Crippen molar-refractivity contribution in [1.29, 1.82) is 0 Å². The molecular formula is C24H18ClN5O3. The molecule has 3 aromatic carbocycles. The number of carbonyl (C=O) groups is 1. The van der Waals surface area contributed by atoms with Gasteiger partial charge in [0, 0.05) is 22.7 Å². The Hall–Kier alpha value is -4.04. The Kier molecular flexibility index (Phi) is 5.35. The minimum Gasteiger partial charge on any atom is -0.269 e. The van der Waals surface area contributed by atoms with E-state index in [0.29, 0.717) is 17.4 Å². The zero-order chi connectivity index (χ0) is 22.9. The number of aromatic nitrogens is 3. The van der Waals surface area contributed by atoms with Crippen LogP contribution in [0.3, 0.4) is 0 Å². The van der Waals surface area contributed by atoms with Gasteiger partial charge in [0.05, 0.1) is 17.0 Å². The summed E-state index contributed by atoms with van der Waals surface area (Å²) in [6, 6.07) is 22.4. The number of nitrogens with zero attached hydrogens (tertiary/aromatic N) is 5. The lowest BCUT2D eigenvalue weighted by Crippen LogP contribution is -2.42. The highest BCUT2D eigenvalue weighted by molar-refractivity contribution is 6.30. The van der Waals surface area contributed by atoms with E-state index in [4.69, 9.17) is 11.6 Å². The first-order valence-corrected chi connectivity index (χ1v) is 10.7. The Morgan fingerprint density at radius 3 is 2.42 bits per heavy atom. The van der Waals surface area contributed by atoms with Gasteiger partial charge in [0.1, 0.15) is 6.33 Å². The topological polar surface area (TPSA) is 94.2 Å². The first-order valence-electron chi connectivity index (χ1n) is 10.3. The maximum Gasteiger partial charge on any atom is 0.270 e. The maximum atomic E-state index is 13.7. The van der Waals surface area contributed by atoms with Crippen molar-refractivity contribution in [2.24, 2.45) is 0 Å². The lowest BCUT2D eigenvalue weighted by atomic mass is 9.91. The Morgan fingerprint density at radius 2 is 1.70 bits per heavy atom. The van der Waals surface area contributed by atoms with E-state index in [-0.39, 0.29) is 29.2 Å². The molecule has 1 aliphatic heterocycles. The van der Waals surface area contributed by atoms with Gasteiger partial charge in [-0.3, -0.25) is 19.8 Å². The predicted octanol–water partition coefficient (Wildman–Crippen LogP) is 5.22. The minimum absolute atomic E-state index is 0.140. The van der Waals surface area contributed by atoms with Crippen LogP contribution in [0.1, 0.15) is 40.0 Å². The average Bonchev–Trinajstić information content (AvgIpc) is 3.33. The summed E-state index contributed by atoms with van der Waals surface area (Å²) >= 11 is 6.11. The van der Waals surface area contributed by atoms with Crippen molar-refractivity contribution in [1.82, 2.24) is 14.8 Å². The fraction of sp³-hybridized carbons (Fsp3) is 0.125. The van der Waals surface area contributed by atoms with Gasteiger partial charge in [0.25, 0.3) is 11.6 Å². The molecule has 5 rings (SSSR count). The third kappa shape index (κ3) is 3.85. The molecule has 0 fully saturated rings. The van der Waals surface area contributed by atoms with E-state index in [1.54, 1.807) is 27.8 Å². The smallest absolute Gasteiger partial charge is 0.269 e. The number of rotatable bonds is 4. The van der Waals surface area contributed by atoms with E-state index < -0.39 is 4.92 Å². The molecule has 0 saturated heterocycles. The Morgan fingerprint density at radius 1 is 0.970 bits per heavy atom. The summed E-state index contributed by atoms with van der Waals surface area (Å²) in [5.41, 5.74) is 1.99. The summed E-state index contributed by atoms with van der Waals surface area (Å²) in [4.78, 5) is 30.4. The molecule has 1 aliphatic rings. The fourth-order valence-corrected chi connectivity index (χ4v) is 4.36. The zero-order valence-corrected chi connectivity index (χ0v) is 18.0. The van der Waals surface area contributed by atoms with Crippen LogP contribution in [-0.2, 0) is 0 Å². The highest BCUT2D eigenvalue weighted by Crippen LogP contribution is 2.42. The largest absolute Gasteiger partial charge is 0.270 e. The Labute approximate surface area is 194 Å². The van der Waals surface area contributed by atoms with Crippen LogP contribution < -0.4 is 4.90 Å². The van der Waals surface area contributed by atoms with Gasteiger partial charge in [-0.15, -0.1) is 0 Å². The third-order valence-electron chi connectivity index (χ3n) is 5.78. The van der Waals surface area contributed by atoms with Crippen molar-refractivity contribution in [3.05, 3.63) is 117 Å². The van der Waals surface area contributed by atoms with Crippen LogP contribution in [0.5, 0.6) is 0 Å². The van der Waals surface area contributed by atoms with Crippen molar-refractivity contribution in [3.63, 3.8) is 0 Å². The molecule has 0 N–H and O–H groups in total. The lowest BCUT2D eigenvalue weighted by Gasteiger charge is -2.39. The quantitative estimate of drug-likeness (QED) is 0.308. The van der Waals surface area contributed by atoms with Crippen molar-refractivity contribution in [3.8, 4) is 0 Å². The normalized spacial score (nSPS) is 17.4. The number of hydrogen-bond acceptors (Lipinski definition) is 5. The molecule has 9 heteroatoms. The lowest BCUT2D eigenvalue weighted by molar-refractivity contribution is -0.384. The molecule has 2 atom stereocenters. The van der Waals surface area contributed by atoms with Crippen molar-refractivity contribution < 1.29 is 9.72 Å². The first kappa shape index (κ1) is 20.8. The van der Waals surface area contributed by atoms with Crippen LogP contribution in [-0.4, -0.2) is 25.6 Å². The molecule has 1 amide bonds. The van der Waals surface area contributed by atoms with E-state index in [1.165, 1.54) is 24.5 Å². The molecule has 2 heterocycles. The second-order valence-electron chi connectivity index (χ2n) is 7.72. The van der Waals surface area contributed by atoms with Crippen LogP contribution in [0.25, 0.3) is 0 Å². The van der Waals surface area contributed by atoms with Gasteiger partial charge in [-0.05, 0) is 35.7 Å². The van der Waals surface area contributed by atoms with Gasteiger partial charge in [-0.2, -0.15) is 10.1 Å². The highest BCUT2D eigenvalue weighted by Gasteiger charge is 2.40. The Balaban J connectivity index is 1.64. The Bertz CT molecular complexity index is 1320. The maximum absolute atomic E-state index is 13.7. The second kappa shape index (κ2) is 8.48. The number of fused-ring (bicyclic) bond motifs is 1. The molecule has 0 bridgehead atoms. The van der Waals surface area contributed by atoms with E-state index in [2.05, 4.69) is 10.1 Å². The van der Waals surface area contributed by atoms with E-state index >= 15 is 0 Å². The second-order valence-corrected chi connectivity index (χ2v) is 8.15. The van der Waals surface area contributed by atoms with Gasteiger partial charge in [0.15, 0.2) is 0 Å². The number of hydrogen-bond donors (Lipinski definition) is 0. The SMILES string of the molecule is O=C(c1cccc([N+](=O)[O-])c1)N1c2ncnn2[C@@H](c2ccccc2)C[C@H]1c1ccc(Cl)cc1. The zero-order valence-electron chi connectivity index (χ0n) is 17.3. The van der Waals surface area contributed by atoms with Crippen LogP contribution in [0.2, 0.25) is 5.02 Å². The van der Waals surface area contributed by atoms with Gasteiger partial charge in [-0.1, -0.05) is 60.1 Å². The third-order valence-corrected chi connectivity index (χ3v) is 6.04. The molecule has 164 valence electrons. The number of halogens is 1. The summed E-state index contributed by atoms with van der Waals surface area (Å²) in [6.07, 6.45) is 1.96. The fourth-order valence-electron chi connectivity index (χ4n) is 4.24. The standard InChI is InChI=1S/C24H18ClN5O3/c25-19-11-9-17(10-12-19)21-14-22(16-5-2-1-3-6-16)29-24(26-15-27-29)28(21)23(31)18-7-4-8-20(13-18)30(32)33/h1-13,15,21-22H,14H2/t21-,22+/m0/s1. The molecule has 1 aromatic heterocycles. The van der Waals surface area contributed by atoms with Gasteiger partial charge < -0.3 is 0 Å². The van der Waals surface area contributed by atoms with Gasteiger partial charge in [0.2, 0.25) is 5.95 Å². The monoisotopic (exact) mass is 459 g/mol. The van der Waals surface area contributed by atoms with Crippen LogP contribution in [0.4, 0.5) is 11.6 Å². The van der Waals surface area contributed by atoms with Gasteiger partial charge >= 0.3 is 0 Å². The molecule has 0 saturated carbocycles.